The topological polar surface area (TPSA) is 40.9 Å². The highest BCUT2D eigenvalue weighted by molar-refractivity contribution is 8.00. The Morgan fingerprint density at radius 3 is 2.56 bits per heavy atom. The van der Waals surface area contributed by atoms with Gasteiger partial charge < -0.3 is 0 Å². The third-order valence-electron chi connectivity index (χ3n) is 0.820. The summed E-state index contributed by atoms with van der Waals surface area (Å²) >= 11 is 1.37. The summed E-state index contributed by atoms with van der Waals surface area (Å²) in [4.78, 5) is 10.5. The molecule has 0 aliphatic rings. The molecule has 0 aromatic carbocycles. The van der Waals surface area contributed by atoms with Gasteiger partial charge in [0, 0.05) is 0 Å². The predicted molar refractivity (Wildman–Crippen MR) is 38.2 cm³/mol. The SMILES string of the molecule is CCS[C@@H](C#N)C(C)=O. The van der Waals surface area contributed by atoms with Crippen LogP contribution in [0.15, 0.2) is 0 Å². The fourth-order valence-electron chi connectivity index (χ4n) is 0.412. The number of nitriles is 1. The van der Waals surface area contributed by atoms with Gasteiger partial charge in [0.15, 0.2) is 5.78 Å². The molecular weight excluding hydrogens is 134 g/mol. The summed E-state index contributed by atoms with van der Waals surface area (Å²) in [5.74, 6) is 0.766. The minimum Gasteiger partial charge on any atom is -0.298 e. The van der Waals surface area contributed by atoms with Crippen molar-refractivity contribution in [3.8, 4) is 6.07 Å². The highest BCUT2D eigenvalue weighted by Crippen LogP contribution is 2.09. The molecule has 0 N–H and O–H groups in total. The van der Waals surface area contributed by atoms with E-state index in [1.54, 1.807) is 0 Å². The second-order valence-electron chi connectivity index (χ2n) is 1.58. The number of carbonyl (C=O) groups is 1. The van der Waals surface area contributed by atoms with E-state index in [2.05, 4.69) is 0 Å². The van der Waals surface area contributed by atoms with Crippen molar-refractivity contribution >= 4 is 17.5 Å². The number of Topliss-reactive ketones (excluding diaryl/α,β-unsaturated/α-hetero) is 1. The molecule has 0 aliphatic heterocycles. The highest BCUT2D eigenvalue weighted by Gasteiger charge is 2.10. The van der Waals surface area contributed by atoms with E-state index in [0.29, 0.717) is 0 Å². The van der Waals surface area contributed by atoms with Gasteiger partial charge >= 0.3 is 0 Å². The van der Waals surface area contributed by atoms with Crippen LogP contribution >= 0.6 is 11.8 Å². The fourth-order valence-corrected chi connectivity index (χ4v) is 1.05. The monoisotopic (exact) mass is 143 g/mol. The van der Waals surface area contributed by atoms with E-state index in [1.807, 2.05) is 13.0 Å². The molecule has 0 bridgehead atoms. The molecule has 0 spiro atoms. The van der Waals surface area contributed by atoms with E-state index >= 15 is 0 Å². The molecule has 9 heavy (non-hydrogen) atoms. The predicted octanol–water partition coefficient (Wildman–Crippen LogP) is 1.22. The standard InChI is InChI=1S/C6H9NOS/c1-3-9-6(4-7)5(2)8/h6H,3H2,1-2H3/t6-/m0/s1. The first kappa shape index (κ1) is 8.51. The van der Waals surface area contributed by atoms with E-state index < -0.39 is 5.25 Å². The molecule has 0 aromatic rings. The molecule has 2 nitrogen and oxygen atoms in total. The minimum absolute atomic E-state index is 0.0515. The first-order valence-corrected chi connectivity index (χ1v) is 3.79. The first-order valence-electron chi connectivity index (χ1n) is 2.74. The van der Waals surface area contributed by atoms with Crippen LogP contribution in [0, 0.1) is 11.3 Å². The Hall–Kier alpha value is -0.490. The van der Waals surface area contributed by atoms with Gasteiger partial charge in [0.25, 0.3) is 0 Å². The average molecular weight is 143 g/mol. The van der Waals surface area contributed by atoms with Crippen LogP contribution in [0.2, 0.25) is 0 Å². The molecule has 0 aliphatic carbocycles. The Morgan fingerprint density at radius 2 is 2.44 bits per heavy atom. The molecule has 0 aromatic heterocycles. The van der Waals surface area contributed by atoms with Gasteiger partial charge in [0.2, 0.25) is 0 Å². The largest absolute Gasteiger partial charge is 0.298 e. The lowest BCUT2D eigenvalue weighted by Crippen LogP contribution is -2.10. The Morgan fingerprint density at radius 1 is 1.89 bits per heavy atom. The van der Waals surface area contributed by atoms with Gasteiger partial charge in [0.05, 0.1) is 6.07 Å². The molecule has 0 unspecified atom stereocenters. The summed E-state index contributed by atoms with van der Waals surface area (Å²) in [7, 11) is 0. The molecule has 3 heteroatoms. The van der Waals surface area contributed by atoms with E-state index in [-0.39, 0.29) is 5.78 Å². The summed E-state index contributed by atoms with van der Waals surface area (Å²) in [5.41, 5.74) is 0. The highest BCUT2D eigenvalue weighted by atomic mass is 32.2. The lowest BCUT2D eigenvalue weighted by Gasteiger charge is -1.98. The number of nitrogens with zero attached hydrogens (tertiary/aromatic N) is 1. The lowest BCUT2D eigenvalue weighted by atomic mass is 10.3. The van der Waals surface area contributed by atoms with Crippen LogP contribution in [-0.2, 0) is 4.79 Å². The Bertz CT molecular complexity index is 138. The zero-order valence-electron chi connectivity index (χ0n) is 5.55. The normalized spacial score (nSPS) is 12.1. The van der Waals surface area contributed by atoms with Gasteiger partial charge in [-0.1, -0.05) is 6.92 Å². The van der Waals surface area contributed by atoms with Crippen LogP contribution in [0.4, 0.5) is 0 Å². The molecule has 50 valence electrons. The smallest absolute Gasteiger partial charge is 0.156 e. The van der Waals surface area contributed by atoms with Gasteiger partial charge in [-0.05, 0) is 12.7 Å². The van der Waals surface area contributed by atoms with Crippen LogP contribution in [0.25, 0.3) is 0 Å². The number of carbonyl (C=O) groups excluding carboxylic acids is 1. The van der Waals surface area contributed by atoms with Crippen molar-refractivity contribution in [1.82, 2.24) is 0 Å². The maximum absolute atomic E-state index is 10.5. The van der Waals surface area contributed by atoms with Crippen molar-refractivity contribution in [2.75, 3.05) is 5.75 Å². The molecular formula is C6H9NOS. The zero-order chi connectivity index (χ0) is 7.28. The van der Waals surface area contributed by atoms with Crippen molar-refractivity contribution in [3.05, 3.63) is 0 Å². The van der Waals surface area contributed by atoms with E-state index in [4.69, 9.17) is 5.26 Å². The summed E-state index contributed by atoms with van der Waals surface area (Å²) in [6.07, 6.45) is 0. The van der Waals surface area contributed by atoms with Gasteiger partial charge in [0.1, 0.15) is 5.25 Å². The second kappa shape index (κ2) is 4.39. The second-order valence-corrected chi connectivity index (χ2v) is 2.96. The average Bonchev–Trinajstić information content (AvgIpc) is 1.82. The van der Waals surface area contributed by atoms with Crippen LogP contribution in [0.3, 0.4) is 0 Å². The Kier molecular flexibility index (Phi) is 4.16. The third kappa shape index (κ3) is 3.15. The molecule has 1 atom stereocenters. The number of rotatable bonds is 3. The van der Waals surface area contributed by atoms with Crippen LogP contribution < -0.4 is 0 Å². The van der Waals surface area contributed by atoms with Crippen molar-refractivity contribution in [2.45, 2.75) is 19.1 Å². The molecule has 0 heterocycles. The van der Waals surface area contributed by atoms with Crippen molar-refractivity contribution in [2.24, 2.45) is 0 Å². The van der Waals surface area contributed by atoms with E-state index in [9.17, 15) is 4.79 Å². The Balaban J connectivity index is 3.72. The van der Waals surface area contributed by atoms with E-state index in [0.717, 1.165) is 5.75 Å². The number of ketones is 1. The minimum atomic E-state index is -0.449. The number of hydrogen-bond acceptors (Lipinski definition) is 3. The maximum Gasteiger partial charge on any atom is 0.156 e. The van der Waals surface area contributed by atoms with Crippen LogP contribution in [0.5, 0.6) is 0 Å². The Labute approximate surface area is 59.2 Å². The maximum atomic E-state index is 10.5. The van der Waals surface area contributed by atoms with Gasteiger partial charge in [-0.3, -0.25) is 4.79 Å². The summed E-state index contributed by atoms with van der Waals surface area (Å²) < 4.78 is 0. The first-order chi connectivity index (χ1) is 4.22. The van der Waals surface area contributed by atoms with Gasteiger partial charge in [-0.2, -0.15) is 5.26 Å². The molecule has 0 rings (SSSR count). The third-order valence-corrected chi connectivity index (χ3v) is 1.92. The van der Waals surface area contributed by atoms with E-state index in [1.165, 1.54) is 18.7 Å². The number of thioether (sulfide) groups is 1. The summed E-state index contributed by atoms with van der Waals surface area (Å²) in [6, 6.07) is 1.92. The summed E-state index contributed by atoms with van der Waals surface area (Å²) in [5, 5.41) is 7.89. The lowest BCUT2D eigenvalue weighted by molar-refractivity contribution is -0.115. The molecule has 0 saturated carbocycles. The van der Waals surface area contributed by atoms with Crippen molar-refractivity contribution in [3.63, 3.8) is 0 Å². The fraction of sp³-hybridized carbons (Fsp3) is 0.667. The van der Waals surface area contributed by atoms with Crippen molar-refractivity contribution < 1.29 is 4.79 Å². The molecule has 0 saturated heterocycles. The molecule has 0 fully saturated rings. The summed E-state index contributed by atoms with van der Waals surface area (Å²) in [6.45, 7) is 3.37. The quantitative estimate of drug-likeness (QED) is 0.596. The molecule has 0 amide bonds. The number of hydrogen-bond donors (Lipinski definition) is 0. The van der Waals surface area contributed by atoms with Crippen LogP contribution in [-0.4, -0.2) is 16.8 Å². The van der Waals surface area contributed by atoms with Gasteiger partial charge in [-0.25, -0.2) is 0 Å². The van der Waals surface area contributed by atoms with Gasteiger partial charge in [-0.15, -0.1) is 11.8 Å². The van der Waals surface area contributed by atoms with Crippen molar-refractivity contribution in [1.29, 1.82) is 5.26 Å². The van der Waals surface area contributed by atoms with Crippen LogP contribution in [0.1, 0.15) is 13.8 Å². The zero-order valence-corrected chi connectivity index (χ0v) is 6.36. The molecule has 0 radical (unpaired) electrons.